The molecular weight excluding hydrogens is 200 g/mol. The number of carbonyl (C=O) groups is 1. The van der Waals surface area contributed by atoms with Crippen LogP contribution in [0.15, 0.2) is 16.4 Å². The zero-order chi connectivity index (χ0) is 10.6. The first-order valence-electron chi connectivity index (χ1n) is 4.60. The number of aromatic nitrogens is 1. The van der Waals surface area contributed by atoms with Gasteiger partial charge >= 0.3 is 4.87 Å². The van der Waals surface area contributed by atoms with Crippen LogP contribution in [0, 0.1) is 0 Å². The molecule has 0 saturated heterocycles. The summed E-state index contributed by atoms with van der Waals surface area (Å²) in [7, 11) is 0. The van der Waals surface area contributed by atoms with Gasteiger partial charge in [-0.05, 0) is 13.8 Å². The monoisotopic (exact) mass is 214 g/mol. The minimum absolute atomic E-state index is 0.00417. The Balaban J connectivity index is 2.65. The highest BCUT2D eigenvalue weighted by Crippen LogP contribution is 1.94. The van der Waals surface area contributed by atoms with Crippen molar-refractivity contribution in [2.24, 2.45) is 0 Å². The largest absolute Gasteiger partial charge is 0.342 e. The first kappa shape index (κ1) is 11.0. The molecule has 0 aliphatic heterocycles. The fourth-order valence-corrected chi connectivity index (χ4v) is 1.81. The van der Waals surface area contributed by atoms with E-state index in [2.05, 4.69) is 0 Å². The Kier molecular flexibility index (Phi) is 3.88. The molecule has 14 heavy (non-hydrogen) atoms. The van der Waals surface area contributed by atoms with Gasteiger partial charge in [-0.25, -0.2) is 0 Å². The van der Waals surface area contributed by atoms with Crippen molar-refractivity contribution in [2.75, 3.05) is 13.1 Å². The van der Waals surface area contributed by atoms with Crippen LogP contribution in [0.1, 0.15) is 13.8 Å². The molecule has 0 N–H and O–H groups in total. The maximum absolute atomic E-state index is 11.6. The van der Waals surface area contributed by atoms with Gasteiger partial charge in [0.15, 0.2) is 0 Å². The molecule has 0 radical (unpaired) electrons. The lowest BCUT2D eigenvalue weighted by Crippen LogP contribution is -2.35. The Bertz CT molecular complexity index is 352. The summed E-state index contributed by atoms with van der Waals surface area (Å²) in [4.78, 5) is 24.4. The van der Waals surface area contributed by atoms with Crippen molar-refractivity contribution in [1.82, 2.24) is 9.47 Å². The van der Waals surface area contributed by atoms with Crippen LogP contribution in [-0.4, -0.2) is 28.5 Å². The number of rotatable bonds is 4. The first-order valence-corrected chi connectivity index (χ1v) is 5.48. The fourth-order valence-electron chi connectivity index (χ4n) is 1.23. The molecule has 0 aliphatic rings. The number of amides is 1. The van der Waals surface area contributed by atoms with Crippen molar-refractivity contribution in [1.29, 1.82) is 0 Å². The highest BCUT2D eigenvalue weighted by Gasteiger charge is 2.10. The number of carbonyl (C=O) groups excluding carboxylic acids is 1. The smallest absolute Gasteiger partial charge is 0.307 e. The zero-order valence-electron chi connectivity index (χ0n) is 8.40. The summed E-state index contributed by atoms with van der Waals surface area (Å²) in [6.45, 7) is 5.39. The van der Waals surface area contributed by atoms with E-state index >= 15 is 0 Å². The minimum atomic E-state index is -0.0782. The zero-order valence-corrected chi connectivity index (χ0v) is 9.21. The standard InChI is InChI=1S/C9H14N2O2S/c1-3-10(4-2)8(12)7-11-5-6-14-9(11)13/h5-6H,3-4,7H2,1-2H3. The molecule has 0 saturated carbocycles. The molecule has 0 atom stereocenters. The average molecular weight is 214 g/mol. The number of hydrogen-bond donors (Lipinski definition) is 0. The molecule has 0 aliphatic carbocycles. The number of hydrogen-bond acceptors (Lipinski definition) is 3. The van der Waals surface area contributed by atoms with E-state index in [0.717, 1.165) is 11.3 Å². The van der Waals surface area contributed by atoms with Crippen molar-refractivity contribution >= 4 is 17.2 Å². The summed E-state index contributed by atoms with van der Waals surface area (Å²) in [5, 5.41) is 1.69. The van der Waals surface area contributed by atoms with Crippen LogP contribution in [0.25, 0.3) is 0 Å². The molecular formula is C9H14N2O2S. The number of nitrogens with zero attached hydrogens (tertiary/aromatic N) is 2. The van der Waals surface area contributed by atoms with Gasteiger partial charge in [0.2, 0.25) is 5.91 Å². The summed E-state index contributed by atoms with van der Waals surface area (Å²) in [5.41, 5.74) is 0. The summed E-state index contributed by atoms with van der Waals surface area (Å²) in [6, 6.07) is 0. The first-order chi connectivity index (χ1) is 6.69. The maximum Gasteiger partial charge on any atom is 0.307 e. The Hall–Kier alpha value is -1.10. The molecule has 4 nitrogen and oxygen atoms in total. The van der Waals surface area contributed by atoms with Gasteiger partial charge in [0.25, 0.3) is 0 Å². The topological polar surface area (TPSA) is 42.3 Å². The molecule has 78 valence electrons. The third-order valence-electron chi connectivity index (χ3n) is 2.07. The third-order valence-corrected chi connectivity index (χ3v) is 2.76. The van der Waals surface area contributed by atoms with Crippen molar-refractivity contribution in [3.8, 4) is 0 Å². The van der Waals surface area contributed by atoms with Gasteiger partial charge in [0.05, 0.1) is 0 Å². The van der Waals surface area contributed by atoms with Gasteiger partial charge in [-0.3, -0.25) is 14.2 Å². The van der Waals surface area contributed by atoms with Crippen molar-refractivity contribution in [3.63, 3.8) is 0 Å². The van der Waals surface area contributed by atoms with Gasteiger partial charge in [0.1, 0.15) is 6.54 Å². The van der Waals surface area contributed by atoms with Crippen molar-refractivity contribution < 1.29 is 4.79 Å². The molecule has 1 heterocycles. The van der Waals surface area contributed by atoms with E-state index in [1.165, 1.54) is 4.57 Å². The summed E-state index contributed by atoms with van der Waals surface area (Å²) < 4.78 is 1.44. The van der Waals surface area contributed by atoms with Crippen LogP contribution in [0.5, 0.6) is 0 Å². The number of thiazole rings is 1. The SMILES string of the molecule is CCN(CC)C(=O)Cn1ccsc1=O. The van der Waals surface area contributed by atoms with Crippen LogP contribution in [0.3, 0.4) is 0 Å². The van der Waals surface area contributed by atoms with E-state index < -0.39 is 0 Å². The second-order valence-corrected chi connectivity index (χ2v) is 3.72. The molecule has 0 bridgehead atoms. The normalized spacial score (nSPS) is 10.1. The Labute approximate surface area is 86.8 Å². The lowest BCUT2D eigenvalue weighted by Gasteiger charge is -2.18. The lowest BCUT2D eigenvalue weighted by molar-refractivity contribution is -0.131. The van der Waals surface area contributed by atoms with Crippen molar-refractivity contribution in [2.45, 2.75) is 20.4 Å². The highest BCUT2D eigenvalue weighted by atomic mass is 32.1. The molecule has 0 spiro atoms. The summed E-state index contributed by atoms with van der Waals surface area (Å²) >= 11 is 1.11. The molecule has 1 rings (SSSR count). The van der Waals surface area contributed by atoms with Crippen LogP contribution in [-0.2, 0) is 11.3 Å². The van der Waals surface area contributed by atoms with E-state index in [9.17, 15) is 9.59 Å². The Morgan fingerprint density at radius 3 is 2.57 bits per heavy atom. The molecule has 0 unspecified atom stereocenters. The summed E-state index contributed by atoms with van der Waals surface area (Å²) in [6.07, 6.45) is 1.65. The van der Waals surface area contributed by atoms with E-state index in [1.54, 1.807) is 16.5 Å². The van der Waals surface area contributed by atoms with Gasteiger partial charge in [0, 0.05) is 24.7 Å². The second kappa shape index (κ2) is 4.95. The molecule has 0 fully saturated rings. The van der Waals surface area contributed by atoms with E-state index in [0.29, 0.717) is 13.1 Å². The lowest BCUT2D eigenvalue weighted by atomic mass is 10.4. The molecule has 0 aromatic carbocycles. The molecule has 1 amide bonds. The van der Waals surface area contributed by atoms with Crippen molar-refractivity contribution in [3.05, 3.63) is 21.2 Å². The van der Waals surface area contributed by atoms with E-state index in [1.807, 2.05) is 13.8 Å². The quantitative estimate of drug-likeness (QED) is 0.743. The Morgan fingerprint density at radius 2 is 2.14 bits per heavy atom. The van der Waals surface area contributed by atoms with Crippen LogP contribution in [0.2, 0.25) is 0 Å². The second-order valence-electron chi connectivity index (χ2n) is 2.86. The predicted octanol–water partition coefficient (Wildman–Crippen LogP) is 0.778. The third kappa shape index (κ3) is 2.45. The predicted molar refractivity (Wildman–Crippen MR) is 56.5 cm³/mol. The van der Waals surface area contributed by atoms with Gasteiger partial charge < -0.3 is 4.90 Å². The van der Waals surface area contributed by atoms with Gasteiger partial charge in [-0.2, -0.15) is 0 Å². The molecule has 5 heteroatoms. The van der Waals surface area contributed by atoms with Crippen LogP contribution >= 0.6 is 11.3 Å². The molecule has 1 aromatic rings. The Morgan fingerprint density at radius 1 is 1.50 bits per heavy atom. The summed E-state index contributed by atoms with van der Waals surface area (Å²) in [5.74, 6) is -0.00417. The molecule has 1 aromatic heterocycles. The maximum atomic E-state index is 11.6. The van der Waals surface area contributed by atoms with Gasteiger partial charge in [-0.15, -0.1) is 0 Å². The average Bonchev–Trinajstić information content (AvgIpc) is 2.54. The van der Waals surface area contributed by atoms with E-state index in [4.69, 9.17) is 0 Å². The van der Waals surface area contributed by atoms with E-state index in [-0.39, 0.29) is 17.3 Å². The minimum Gasteiger partial charge on any atom is -0.342 e. The van der Waals surface area contributed by atoms with Gasteiger partial charge in [-0.1, -0.05) is 11.3 Å². The highest BCUT2D eigenvalue weighted by molar-refractivity contribution is 7.07. The fraction of sp³-hybridized carbons (Fsp3) is 0.556. The van der Waals surface area contributed by atoms with Crippen LogP contribution in [0.4, 0.5) is 0 Å². The number of likely N-dealkylation sites (N-methyl/N-ethyl adjacent to an activating group) is 1. The van der Waals surface area contributed by atoms with Crippen LogP contribution < -0.4 is 4.87 Å².